The van der Waals surface area contributed by atoms with Crippen molar-refractivity contribution in [1.29, 1.82) is 5.26 Å². The lowest BCUT2D eigenvalue weighted by atomic mass is 10.0. The highest BCUT2D eigenvalue weighted by molar-refractivity contribution is 5.96. The molecule has 8 heteroatoms. The topological polar surface area (TPSA) is 98.2 Å². The molecule has 0 saturated heterocycles. The van der Waals surface area contributed by atoms with Crippen molar-refractivity contribution in [3.63, 3.8) is 0 Å². The molecule has 0 aliphatic rings. The second kappa shape index (κ2) is 8.80. The molecule has 0 aliphatic carbocycles. The van der Waals surface area contributed by atoms with E-state index in [2.05, 4.69) is 4.98 Å². The molecule has 0 aliphatic heterocycles. The number of hydrogen-bond acceptors (Lipinski definition) is 5. The van der Waals surface area contributed by atoms with Gasteiger partial charge in [-0.15, -0.1) is 0 Å². The van der Waals surface area contributed by atoms with Gasteiger partial charge in [-0.3, -0.25) is 4.79 Å². The monoisotopic (exact) mass is 395 g/mol. The van der Waals surface area contributed by atoms with E-state index in [1.165, 1.54) is 30.5 Å². The minimum Gasteiger partial charge on any atom is -0.490 e. The number of pyridine rings is 1. The zero-order valence-electron chi connectivity index (χ0n) is 15.1. The SMILES string of the molecule is N#Cc1cc(OCCOc2c(-c3ccc(F)cc3)ccnc2C(N)=O)ccc1F. The summed E-state index contributed by atoms with van der Waals surface area (Å²) in [7, 11) is 0. The predicted molar refractivity (Wildman–Crippen MR) is 100 cm³/mol. The number of aromatic nitrogens is 1. The number of halogens is 2. The van der Waals surface area contributed by atoms with E-state index in [1.807, 2.05) is 0 Å². The maximum atomic E-state index is 13.4. The van der Waals surface area contributed by atoms with Gasteiger partial charge < -0.3 is 15.2 Å². The molecule has 6 nitrogen and oxygen atoms in total. The normalized spacial score (nSPS) is 10.2. The van der Waals surface area contributed by atoms with E-state index in [0.717, 1.165) is 6.07 Å². The van der Waals surface area contributed by atoms with E-state index in [9.17, 15) is 13.6 Å². The molecule has 1 aromatic heterocycles. The first-order valence-corrected chi connectivity index (χ1v) is 8.49. The summed E-state index contributed by atoms with van der Waals surface area (Å²) in [6, 6.07) is 12.8. The first-order valence-electron chi connectivity index (χ1n) is 8.49. The molecule has 0 bridgehead atoms. The molecule has 1 amide bonds. The number of rotatable bonds is 7. The Morgan fingerprint density at radius 1 is 1.07 bits per heavy atom. The quantitative estimate of drug-likeness (QED) is 0.618. The third-order valence-corrected chi connectivity index (χ3v) is 3.95. The van der Waals surface area contributed by atoms with E-state index in [-0.39, 0.29) is 30.2 Å². The zero-order valence-corrected chi connectivity index (χ0v) is 15.1. The summed E-state index contributed by atoms with van der Waals surface area (Å²) < 4.78 is 37.7. The van der Waals surface area contributed by atoms with Gasteiger partial charge in [0, 0.05) is 17.8 Å². The Hall–Kier alpha value is -3.99. The van der Waals surface area contributed by atoms with Crippen LogP contribution in [0.25, 0.3) is 11.1 Å². The fourth-order valence-electron chi connectivity index (χ4n) is 2.61. The second-order valence-corrected chi connectivity index (χ2v) is 5.86. The van der Waals surface area contributed by atoms with Crippen molar-refractivity contribution in [2.75, 3.05) is 13.2 Å². The van der Waals surface area contributed by atoms with Gasteiger partial charge in [-0.25, -0.2) is 13.8 Å². The number of carbonyl (C=O) groups excluding carboxylic acids is 1. The van der Waals surface area contributed by atoms with Crippen molar-refractivity contribution < 1.29 is 23.0 Å². The third-order valence-electron chi connectivity index (χ3n) is 3.95. The van der Waals surface area contributed by atoms with Crippen molar-refractivity contribution in [3.8, 4) is 28.7 Å². The second-order valence-electron chi connectivity index (χ2n) is 5.86. The fourth-order valence-corrected chi connectivity index (χ4v) is 2.61. The maximum absolute atomic E-state index is 13.4. The van der Waals surface area contributed by atoms with Gasteiger partial charge in [-0.05, 0) is 35.9 Å². The molecule has 2 N–H and O–H groups in total. The number of primary amides is 1. The van der Waals surface area contributed by atoms with Crippen molar-refractivity contribution in [2.45, 2.75) is 0 Å². The molecule has 0 spiro atoms. The first kappa shape index (κ1) is 19.8. The minimum atomic E-state index is -0.776. The Morgan fingerprint density at radius 2 is 1.79 bits per heavy atom. The predicted octanol–water partition coefficient (Wildman–Crippen LogP) is 3.46. The van der Waals surface area contributed by atoms with E-state index < -0.39 is 17.5 Å². The van der Waals surface area contributed by atoms with Gasteiger partial charge >= 0.3 is 0 Å². The van der Waals surface area contributed by atoms with Crippen LogP contribution in [0.4, 0.5) is 8.78 Å². The van der Waals surface area contributed by atoms with Crippen LogP contribution >= 0.6 is 0 Å². The summed E-state index contributed by atoms with van der Waals surface area (Å²) in [6.45, 7) is 0.0614. The van der Waals surface area contributed by atoms with Gasteiger partial charge in [0.1, 0.15) is 36.7 Å². The van der Waals surface area contributed by atoms with Crippen LogP contribution in [0.1, 0.15) is 16.1 Å². The molecule has 3 aromatic rings. The molecule has 0 unspecified atom stereocenters. The van der Waals surface area contributed by atoms with Crippen LogP contribution in [-0.4, -0.2) is 24.1 Å². The summed E-state index contributed by atoms with van der Waals surface area (Å²) in [5.74, 6) is -1.37. The van der Waals surface area contributed by atoms with Crippen LogP contribution in [0.15, 0.2) is 54.7 Å². The van der Waals surface area contributed by atoms with Crippen LogP contribution in [-0.2, 0) is 0 Å². The molecule has 0 fully saturated rings. The van der Waals surface area contributed by atoms with Crippen molar-refractivity contribution in [1.82, 2.24) is 4.98 Å². The largest absolute Gasteiger partial charge is 0.490 e. The van der Waals surface area contributed by atoms with Crippen molar-refractivity contribution in [3.05, 3.63) is 77.6 Å². The van der Waals surface area contributed by atoms with Gasteiger partial charge in [0.2, 0.25) is 0 Å². The van der Waals surface area contributed by atoms with E-state index in [1.54, 1.807) is 24.3 Å². The number of amides is 1. The summed E-state index contributed by atoms with van der Waals surface area (Å²) in [5, 5.41) is 8.86. The van der Waals surface area contributed by atoms with E-state index in [0.29, 0.717) is 16.9 Å². The van der Waals surface area contributed by atoms with E-state index >= 15 is 0 Å². The molecule has 29 heavy (non-hydrogen) atoms. The highest BCUT2D eigenvalue weighted by atomic mass is 19.1. The van der Waals surface area contributed by atoms with Gasteiger partial charge in [0.25, 0.3) is 5.91 Å². The number of benzene rings is 2. The zero-order chi connectivity index (χ0) is 20.8. The lowest BCUT2D eigenvalue weighted by molar-refractivity contribution is 0.0990. The van der Waals surface area contributed by atoms with Crippen LogP contribution in [0.2, 0.25) is 0 Å². The van der Waals surface area contributed by atoms with Crippen LogP contribution < -0.4 is 15.2 Å². The summed E-state index contributed by atoms with van der Waals surface area (Å²) in [4.78, 5) is 15.7. The molecule has 0 radical (unpaired) electrons. The molecule has 1 heterocycles. The Kier molecular flexibility index (Phi) is 6.00. The van der Waals surface area contributed by atoms with Gasteiger partial charge in [-0.1, -0.05) is 12.1 Å². The summed E-state index contributed by atoms with van der Waals surface area (Å²) in [5.41, 5.74) is 6.32. The fraction of sp³-hybridized carbons (Fsp3) is 0.0952. The van der Waals surface area contributed by atoms with Gasteiger partial charge in [0.15, 0.2) is 11.4 Å². The van der Waals surface area contributed by atoms with Crippen molar-refractivity contribution >= 4 is 5.91 Å². The Balaban J connectivity index is 1.77. The number of carbonyl (C=O) groups is 1. The van der Waals surface area contributed by atoms with E-state index in [4.69, 9.17) is 20.5 Å². The Labute approximate surface area is 165 Å². The average molecular weight is 395 g/mol. The number of hydrogen-bond donors (Lipinski definition) is 1. The molecule has 2 aromatic carbocycles. The van der Waals surface area contributed by atoms with Crippen LogP contribution in [0.3, 0.4) is 0 Å². The van der Waals surface area contributed by atoms with Gasteiger partial charge in [0.05, 0.1) is 5.56 Å². The highest BCUT2D eigenvalue weighted by Gasteiger charge is 2.17. The standard InChI is InChI=1S/C21H15F2N3O3/c22-15-3-1-13(2-4-15)17-7-8-26-19(21(25)27)20(17)29-10-9-28-16-5-6-18(23)14(11-16)12-24/h1-8,11H,9-10H2,(H2,25,27). The molecule has 0 atom stereocenters. The third kappa shape index (κ3) is 4.65. The lowest BCUT2D eigenvalue weighted by Gasteiger charge is -2.14. The minimum absolute atomic E-state index is 0.0133. The molecular weight excluding hydrogens is 380 g/mol. The molecule has 146 valence electrons. The smallest absolute Gasteiger partial charge is 0.271 e. The highest BCUT2D eigenvalue weighted by Crippen LogP contribution is 2.32. The van der Waals surface area contributed by atoms with Crippen LogP contribution in [0, 0.1) is 23.0 Å². The molecule has 0 saturated carbocycles. The molecule has 3 rings (SSSR count). The summed E-state index contributed by atoms with van der Waals surface area (Å²) >= 11 is 0. The van der Waals surface area contributed by atoms with Crippen LogP contribution in [0.5, 0.6) is 11.5 Å². The average Bonchev–Trinajstić information content (AvgIpc) is 2.72. The Morgan fingerprint density at radius 3 is 2.48 bits per heavy atom. The molecular formula is C21H15F2N3O3. The number of nitriles is 1. The lowest BCUT2D eigenvalue weighted by Crippen LogP contribution is -2.17. The number of nitrogens with two attached hydrogens (primary N) is 1. The maximum Gasteiger partial charge on any atom is 0.271 e. The Bertz CT molecular complexity index is 1080. The van der Waals surface area contributed by atoms with Gasteiger partial charge in [-0.2, -0.15) is 5.26 Å². The number of ether oxygens (including phenoxy) is 2. The number of nitrogens with zero attached hydrogens (tertiary/aromatic N) is 2. The first-order chi connectivity index (χ1) is 14.0. The summed E-state index contributed by atoms with van der Waals surface area (Å²) in [6.07, 6.45) is 1.41. The van der Waals surface area contributed by atoms with Crippen molar-refractivity contribution in [2.24, 2.45) is 5.73 Å².